The van der Waals surface area contributed by atoms with E-state index in [1.54, 1.807) is 17.4 Å². The van der Waals surface area contributed by atoms with Crippen molar-refractivity contribution in [3.63, 3.8) is 0 Å². The number of rotatable bonds is 5. The monoisotopic (exact) mass is 279 g/mol. The summed E-state index contributed by atoms with van der Waals surface area (Å²) in [5.41, 5.74) is 4.47. The highest BCUT2D eigenvalue weighted by Gasteiger charge is 2.14. The van der Waals surface area contributed by atoms with E-state index < -0.39 is 0 Å². The number of anilines is 1. The maximum Gasteiger partial charge on any atom is 0.146 e. The van der Waals surface area contributed by atoms with Gasteiger partial charge in [-0.15, -0.1) is 11.3 Å². The van der Waals surface area contributed by atoms with Gasteiger partial charge in [-0.25, -0.2) is 9.37 Å². The number of thiazole rings is 1. The van der Waals surface area contributed by atoms with Crippen LogP contribution >= 0.6 is 11.3 Å². The molecule has 102 valence electrons. The van der Waals surface area contributed by atoms with Crippen molar-refractivity contribution in [2.24, 2.45) is 0 Å². The van der Waals surface area contributed by atoms with Crippen molar-refractivity contribution in [1.29, 1.82) is 0 Å². The van der Waals surface area contributed by atoms with Gasteiger partial charge in [0.25, 0.3) is 0 Å². The molecular formula is C14H18FN3S. The molecule has 0 aliphatic rings. The smallest absolute Gasteiger partial charge is 0.146 e. The molecule has 0 fully saturated rings. The molecule has 0 aliphatic heterocycles. The summed E-state index contributed by atoms with van der Waals surface area (Å²) in [6.45, 7) is 3.31. The van der Waals surface area contributed by atoms with Gasteiger partial charge in [0.2, 0.25) is 0 Å². The zero-order valence-electron chi connectivity index (χ0n) is 11.4. The lowest BCUT2D eigenvalue weighted by atomic mass is 10.1. The van der Waals surface area contributed by atoms with Crippen molar-refractivity contribution in [3.8, 4) is 0 Å². The van der Waals surface area contributed by atoms with Crippen molar-refractivity contribution in [3.05, 3.63) is 45.7 Å². The van der Waals surface area contributed by atoms with Crippen LogP contribution < -0.4 is 10.2 Å². The molecule has 2 aromatic rings. The zero-order chi connectivity index (χ0) is 13.8. The number of hydrogen-bond donors (Lipinski definition) is 1. The average Bonchev–Trinajstić information content (AvgIpc) is 2.75. The van der Waals surface area contributed by atoms with Crippen LogP contribution in [0, 0.1) is 12.7 Å². The van der Waals surface area contributed by atoms with Crippen molar-refractivity contribution in [2.45, 2.75) is 20.0 Å². The third kappa shape index (κ3) is 3.11. The molecular weight excluding hydrogens is 261 g/mol. The highest BCUT2D eigenvalue weighted by atomic mass is 32.1. The lowest BCUT2D eigenvalue weighted by Gasteiger charge is -2.22. The van der Waals surface area contributed by atoms with Gasteiger partial charge in [-0.3, -0.25) is 0 Å². The summed E-state index contributed by atoms with van der Waals surface area (Å²) in [5.74, 6) is -0.183. The summed E-state index contributed by atoms with van der Waals surface area (Å²) in [5, 5.41) is 3.07. The van der Waals surface area contributed by atoms with E-state index in [0.717, 1.165) is 11.3 Å². The van der Waals surface area contributed by atoms with E-state index in [0.29, 0.717) is 18.8 Å². The molecule has 0 unspecified atom stereocenters. The van der Waals surface area contributed by atoms with Gasteiger partial charge in [0, 0.05) is 18.5 Å². The normalized spacial score (nSPS) is 10.7. The van der Waals surface area contributed by atoms with Crippen LogP contribution in [0.3, 0.4) is 0 Å². The van der Waals surface area contributed by atoms with Crippen molar-refractivity contribution in [2.75, 3.05) is 19.0 Å². The molecule has 1 heterocycles. The zero-order valence-corrected chi connectivity index (χ0v) is 12.2. The third-order valence-electron chi connectivity index (χ3n) is 3.04. The number of nitrogens with zero attached hydrogens (tertiary/aromatic N) is 2. The lowest BCUT2D eigenvalue weighted by molar-refractivity contribution is 0.618. The van der Waals surface area contributed by atoms with E-state index in [1.807, 2.05) is 37.5 Å². The molecule has 0 amide bonds. The van der Waals surface area contributed by atoms with Gasteiger partial charge >= 0.3 is 0 Å². The number of aryl methyl sites for hydroxylation is 1. The van der Waals surface area contributed by atoms with Crippen LogP contribution in [0.5, 0.6) is 0 Å². The fourth-order valence-electron chi connectivity index (χ4n) is 2.09. The summed E-state index contributed by atoms with van der Waals surface area (Å²) in [6.07, 6.45) is 0. The van der Waals surface area contributed by atoms with Gasteiger partial charge < -0.3 is 10.2 Å². The number of nitrogens with one attached hydrogen (secondary N) is 1. The highest BCUT2D eigenvalue weighted by molar-refractivity contribution is 7.09. The minimum absolute atomic E-state index is 0.183. The number of aromatic nitrogens is 1. The quantitative estimate of drug-likeness (QED) is 0.912. The first kappa shape index (κ1) is 14.0. The van der Waals surface area contributed by atoms with E-state index in [1.165, 1.54) is 10.9 Å². The first-order chi connectivity index (χ1) is 9.13. The Morgan fingerprint density at radius 2 is 2.21 bits per heavy atom. The van der Waals surface area contributed by atoms with Crippen LogP contribution in [0.2, 0.25) is 0 Å². The molecule has 0 bridgehead atoms. The van der Waals surface area contributed by atoms with Crippen molar-refractivity contribution < 1.29 is 4.39 Å². The fraction of sp³-hybridized carbons (Fsp3) is 0.357. The maximum atomic E-state index is 14.1. The molecule has 0 saturated heterocycles. The van der Waals surface area contributed by atoms with E-state index in [9.17, 15) is 4.39 Å². The molecule has 0 aliphatic carbocycles. The lowest BCUT2D eigenvalue weighted by Crippen LogP contribution is -2.21. The van der Waals surface area contributed by atoms with Gasteiger partial charge in [0.15, 0.2) is 0 Å². The fourth-order valence-corrected chi connectivity index (χ4v) is 2.92. The molecule has 2 rings (SSSR count). The standard InChI is InChI=1S/C14H18FN3S/c1-10-13(19-9-17-10)8-18(3)14-11(7-16-2)5-4-6-12(14)15/h4-6,9,16H,7-8H2,1-3H3. The van der Waals surface area contributed by atoms with Crippen LogP contribution in [0.4, 0.5) is 10.1 Å². The van der Waals surface area contributed by atoms with Crippen molar-refractivity contribution in [1.82, 2.24) is 10.3 Å². The number of halogens is 1. The first-order valence-electron chi connectivity index (χ1n) is 6.15. The Labute approximate surface area is 117 Å². The van der Waals surface area contributed by atoms with Gasteiger partial charge in [-0.05, 0) is 25.6 Å². The Morgan fingerprint density at radius 1 is 1.42 bits per heavy atom. The molecule has 5 heteroatoms. The Bertz CT molecular complexity index is 553. The largest absolute Gasteiger partial charge is 0.367 e. The van der Waals surface area contributed by atoms with E-state index in [4.69, 9.17) is 0 Å². The Kier molecular flexibility index (Phi) is 4.50. The third-order valence-corrected chi connectivity index (χ3v) is 3.96. The summed E-state index contributed by atoms with van der Waals surface area (Å²) in [4.78, 5) is 7.34. The summed E-state index contributed by atoms with van der Waals surface area (Å²) in [6, 6.07) is 5.20. The first-order valence-corrected chi connectivity index (χ1v) is 7.03. The van der Waals surface area contributed by atoms with Gasteiger partial charge in [0.05, 0.1) is 23.4 Å². The topological polar surface area (TPSA) is 28.2 Å². The van der Waals surface area contributed by atoms with E-state index in [2.05, 4.69) is 10.3 Å². The Hall–Kier alpha value is -1.46. The van der Waals surface area contributed by atoms with E-state index >= 15 is 0 Å². The van der Waals surface area contributed by atoms with Gasteiger partial charge in [0.1, 0.15) is 5.82 Å². The molecule has 1 aromatic heterocycles. The van der Waals surface area contributed by atoms with Crippen molar-refractivity contribution >= 4 is 17.0 Å². The SMILES string of the molecule is CNCc1cccc(F)c1N(C)Cc1scnc1C. The summed E-state index contributed by atoms with van der Waals surface area (Å²) in [7, 11) is 3.78. The van der Waals surface area contributed by atoms with Crippen LogP contribution in [0.15, 0.2) is 23.7 Å². The molecule has 19 heavy (non-hydrogen) atoms. The van der Waals surface area contributed by atoms with Gasteiger partial charge in [-0.1, -0.05) is 12.1 Å². The second-order valence-corrected chi connectivity index (χ2v) is 5.43. The summed E-state index contributed by atoms with van der Waals surface area (Å²) < 4.78 is 14.1. The number of hydrogen-bond acceptors (Lipinski definition) is 4. The highest BCUT2D eigenvalue weighted by Crippen LogP contribution is 2.26. The predicted octanol–water partition coefficient (Wildman–Crippen LogP) is 2.95. The maximum absolute atomic E-state index is 14.1. The predicted molar refractivity (Wildman–Crippen MR) is 78.1 cm³/mol. The van der Waals surface area contributed by atoms with Gasteiger partial charge in [-0.2, -0.15) is 0 Å². The van der Waals surface area contributed by atoms with Crippen LogP contribution in [0.25, 0.3) is 0 Å². The average molecular weight is 279 g/mol. The Morgan fingerprint density at radius 3 is 2.84 bits per heavy atom. The van der Waals surface area contributed by atoms with Crippen LogP contribution in [0.1, 0.15) is 16.1 Å². The minimum Gasteiger partial charge on any atom is -0.367 e. The van der Waals surface area contributed by atoms with Crippen LogP contribution in [-0.2, 0) is 13.1 Å². The van der Waals surface area contributed by atoms with Crippen LogP contribution in [-0.4, -0.2) is 19.1 Å². The number of benzene rings is 1. The molecule has 1 N–H and O–H groups in total. The molecule has 0 saturated carbocycles. The summed E-state index contributed by atoms with van der Waals surface area (Å²) >= 11 is 1.61. The Balaban J connectivity index is 2.27. The minimum atomic E-state index is -0.183. The number of para-hydroxylation sites is 1. The second kappa shape index (κ2) is 6.12. The molecule has 0 spiro atoms. The molecule has 0 atom stereocenters. The second-order valence-electron chi connectivity index (χ2n) is 4.49. The molecule has 0 radical (unpaired) electrons. The molecule has 3 nitrogen and oxygen atoms in total. The van der Waals surface area contributed by atoms with E-state index in [-0.39, 0.29) is 5.82 Å². The molecule has 1 aromatic carbocycles.